The lowest BCUT2D eigenvalue weighted by atomic mass is 10.1. The predicted octanol–water partition coefficient (Wildman–Crippen LogP) is 1.72. The Morgan fingerprint density at radius 2 is 2.37 bits per heavy atom. The molecule has 1 aromatic rings. The minimum atomic E-state index is -0.299. The van der Waals surface area contributed by atoms with Crippen molar-refractivity contribution < 1.29 is 9.13 Å². The van der Waals surface area contributed by atoms with Gasteiger partial charge in [0.1, 0.15) is 11.7 Å². The Morgan fingerprint density at radius 3 is 3.00 bits per heavy atom. The maximum absolute atomic E-state index is 13.9. The highest BCUT2D eigenvalue weighted by atomic mass is 19.1. The molecule has 2 rings (SSSR count). The number of methoxy groups -OCH3 is 1. The molecule has 4 nitrogen and oxygen atoms in total. The number of nitrogen functional groups attached to an aromatic ring is 1. The second kappa shape index (κ2) is 6.12. The number of nitrogens with two attached hydrogens (primary N) is 1. The van der Waals surface area contributed by atoms with Gasteiger partial charge in [0.15, 0.2) is 0 Å². The largest absolute Gasteiger partial charge is 0.384 e. The second-order valence-corrected chi connectivity index (χ2v) is 4.95. The molecule has 1 atom stereocenters. The number of likely N-dealkylation sites (tertiary alicyclic amines) is 1. The average molecular weight is 265 g/mol. The van der Waals surface area contributed by atoms with Gasteiger partial charge in [0.05, 0.1) is 6.10 Å². The van der Waals surface area contributed by atoms with Gasteiger partial charge < -0.3 is 10.5 Å². The molecule has 1 aliphatic heterocycles. The lowest BCUT2D eigenvalue weighted by Gasteiger charge is -2.31. The fraction of sp³-hybridized carbons (Fsp3) is 0.500. The van der Waals surface area contributed by atoms with Crippen molar-refractivity contribution in [2.24, 2.45) is 5.73 Å². The Balaban J connectivity index is 2.04. The number of nitrogens with zero attached hydrogens (tertiary/aromatic N) is 1. The van der Waals surface area contributed by atoms with Crippen LogP contribution in [0.5, 0.6) is 0 Å². The number of amidine groups is 1. The van der Waals surface area contributed by atoms with E-state index in [1.54, 1.807) is 19.2 Å². The summed E-state index contributed by atoms with van der Waals surface area (Å²) in [6.45, 7) is 2.38. The maximum atomic E-state index is 13.9. The summed E-state index contributed by atoms with van der Waals surface area (Å²) in [6.07, 6.45) is 2.39. The third-order valence-corrected chi connectivity index (χ3v) is 3.55. The van der Waals surface area contributed by atoms with Gasteiger partial charge in [-0.3, -0.25) is 10.3 Å². The standard InChI is InChI=1S/C14H20FN3O/c1-19-12-3-2-6-18(9-12)8-11-5-4-10(14(16)17)7-13(11)15/h4-5,7,12H,2-3,6,8-9H2,1H3,(H3,16,17). The van der Waals surface area contributed by atoms with E-state index in [0.717, 1.165) is 25.9 Å². The van der Waals surface area contributed by atoms with Gasteiger partial charge in [0.2, 0.25) is 0 Å². The van der Waals surface area contributed by atoms with Gasteiger partial charge in [0.25, 0.3) is 0 Å². The summed E-state index contributed by atoms with van der Waals surface area (Å²) in [5.41, 5.74) is 6.41. The normalized spacial score (nSPS) is 20.4. The Morgan fingerprint density at radius 1 is 1.58 bits per heavy atom. The average Bonchev–Trinajstić information content (AvgIpc) is 2.41. The lowest BCUT2D eigenvalue weighted by molar-refractivity contribution is 0.0282. The third kappa shape index (κ3) is 3.52. The van der Waals surface area contributed by atoms with E-state index in [0.29, 0.717) is 17.7 Å². The van der Waals surface area contributed by atoms with Crippen LogP contribution in [0.25, 0.3) is 0 Å². The highest BCUT2D eigenvalue weighted by molar-refractivity contribution is 5.94. The van der Waals surface area contributed by atoms with Crippen molar-refractivity contribution in [2.75, 3.05) is 20.2 Å². The molecule has 1 fully saturated rings. The number of nitrogens with one attached hydrogen (secondary N) is 1. The van der Waals surface area contributed by atoms with Crippen molar-refractivity contribution in [3.8, 4) is 0 Å². The van der Waals surface area contributed by atoms with Gasteiger partial charge in [-0.2, -0.15) is 0 Å². The lowest BCUT2D eigenvalue weighted by Crippen LogP contribution is -2.38. The summed E-state index contributed by atoms with van der Waals surface area (Å²) >= 11 is 0. The monoisotopic (exact) mass is 265 g/mol. The molecule has 0 radical (unpaired) electrons. The Hall–Kier alpha value is -1.46. The summed E-state index contributed by atoms with van der Waals surface area (Å²) in [6, 6.07) is 4.73. The van der Waals surface area contributed by atoms with Gasteiger partial charge in [-0.05, 0) is 25.5 Å². The molecule has 1 unspecified atom stereocenters. The van der Waals surface area contributed by atoms with Crippen molar-refractivity contribution >= 4 is 5.84 Å². The molecule has 19 heavy (non-hydrogen) atoms. The van der Waals surface area contributed by atoms with Crippen LogP contribution in [0.15, 0.2) is 18.2 Å². The molecule has 3 N–H and O–H groups in total. The third-order valence-electron chi connectivity index (χ3n) is 3.55. The highest BCUT2D eigenvalue weighted by Crippen LogP contribution is 2.18. The quantitative estimate of drug-likeness (QED) is 0.643. The fourth-order valence-electron chi connectivity index (χ4n) is 2.43. The number of ether oxygens (including phenoxy) is 1. The first-order valence-electron chi connectivity index (χ1n) is 6.48. The second-order valence-electron chi connectivity index (χ2n) is 4.95. The summed E-state index contributed by atoms with van der Waals surface area (Å²) < 4.78 is 19.3. The summed E-state index contributed by atoms with van der Waals surface area (Å²) in [5.74, 6) is -0.407. The van der Waals surface area contributed by atoms with Crippen molar-refractivity contribution in [1.82, 2.24) is 4.90 Å². The zero-order chi connectivity index (χ0) is 13.8. The summed E-state index contributed by atoms with van der Waals surface area (Å²) in [5, 5.41) is 7.29. The molecule has 5 heteroatoms. The molecule has 0 amide bonds. The molecule has 1 heterocycles. The number of benzene rings is 1. The SMILES string of the molecule is COC1CCCN(Cc2ccc(C(=N)N)cc2F)C1. The van der Waals surface area contributed by atoms with Gasteiger partial charge in [0, 0.05) is 31.3 Å². The van der Waals surface area contributed by atoms with Crippen molar-refractivity contribution in [3.63, 3.8) is 0 Å². The van der Waals surface area contributed by atoms with Crippen LogP contribution in [0.4, 0.5) is 4.39 Å². The van der Waals surface area contributed by atoms with Crippen LogP contribution in [0, 0.1) is 11.2 Å². The number of hydrogen-bond acceptors (Lipinski definition) is 3. The fourth-order valence-corrected chi connectivity index (χ4v) is 2.43. The molecule has 1 aliphatic rings. The molecule has 0 bridgehead atoms. The predicted molar refractivity (Wildman–Crippen MR) is 72.7 cm³/mol. The van der Waals surface area contributed by atoms with Crippen LogP contribution >= 0.6 is 0 Å². The van der Waals surface area contributed by atoms with E-state index < -0.39 is 0 Å². The summed E-state index contributed by atoms with van der Waals surface area (Å²) in [4.78, 5) is 2.20. The van der Waals surface area contributed by atoms with Gasteiger partial charge >= 0.3 is 0 Å². The number of rotatable bonds is 4. The number of hydrogen-bond donors (Lipinski definition) is 2. The molecule has 1 aromatic carbocycles. The van der Waals surface area contributed by atoms with Crippen molar-refractivity contribution in [1.29, 1.82) is 5.41 Å². The molecular formula is C14H20FN3O. The first-order valence-corrected chi connectivity index (χ1v) is 6.48. The van der Waals surface area contributed by atoms with Crippen molar-refractivity contribution in [2.45, 2.75) is 25.5 Å². The molecule has 0 aromatic heterocycles. The minimum Gasteiger partial charge on any atom is -0.384 e. The molecule has 1 saturated heterocycles. The number of piperidine rings is 1. The smallest absolute Gasteiger partial charge is 0.128 e. The van der Waals surface area contributed by atoms with E-state index in [-0.39, 0.29) is 17.8 Å². The van der Waals surface area contributed by atoms with Crippen LogP contribution < -0.4 is 5.73 Å². The van der Waals surface area contributed by atoms with Crippen LogP contribution in [-0.2, 0) is 11.3 Å². The van der Waals surface area contributed by atoms with E-state index in [2.05, 4.69) is 4.90 Å². The zero-order valence-electron chi connectivity index (χ0n) is 11.2. The highest BCUT2D eigenvalue weighted by Gasteiger charge is 2.20. The zero-order valence-corrected chi connectivity index (χ0v) is 11.2. The topological polar surface area (TPSA) is 62.3 Å². The van der Waals surface area contributed by atoms with Crippen LogP contribution in [0.3, 0.4) is 0 Å². The van der Waals surface area contributed by atoms with Crippen LogP contribution in [-0.4, -0.2) is 37.0 Å². The molecule has 0 saturated carbocycles. The molecule has 104 valence electrons. The van der Waals surface area contributed by atoms with Crippen molar-refractivity contribution in [3.05, 3.63) is 35.1 Å². The molecule has 0 aliphatic carbocycles. The van der Waals surface area contributed by atoms with Crippen LogP contribution in [0.1, 0.15) is 24.0 Å². The number of halogens is 1. The van der Waals surface area contributed by atoms with Gasteiger partial charge in [-0.25, -0.2) is 4.39 Å². The van der Waals surface area contributed by atoms with Gasteiger partial charge in [-0.15, -0.1) is 0 Å². The maximum Gasteiger partial charge on any atom is 0.128 e. The van der Waals surface area contributed by atoms with Gasteiger partial charge in [-0.1, -0.05) is 12.1 Å². The first kappa shape index (κ1) is 14.0. The van der Waals surface area contributed by atoms with E-state index in [1.807, 2.05) is 0 Å². The van der Waals surface area contributed by atoms with Crippen LogP contribution in [0.2, 0.25) is 0 Å². The summed E-state index contributed by atoms with van der Waals surface area (Å²) in [7, 11) is 1.72. The van der Waals surface area contributed by atoms with E-state index >= 15 is 0 Å². The Bertz CT molecular complexity index is 464. The van der Waals surface area contributed by atoms with E-state index in [4.69, 9.17) is 15.9 Å². The minimum absolute atomic E-state index is 0.108. The molecular weight excluding hydrogens is 245 g/mol. The Labute approximate surface area is 112 Å². The molecule has 0 spiro atoms. The van der Waals surface area contributed by atoms with E-state index in [9.17, 15) is 4.39 Å². The first-order chi connectivity index (χ1) is 9.10. The Kier molecular flexibility index (Phi) is 4.50. The van der Waals surface area contributed by atoms with E-state index in [1.165, 1.54) is 6.07 Å².